The van der Waals surface area contributed by atoms with Crippen LogP contribution < -0.4 is 9.80 Å². The molecule has 7 nitrogen and oxygen atoms in total. The summed E-state index contributed by atoms with van der Waals surface area (Å²) in [5, 5.41) is 0. The second kappa shape index (κ2) is 7.45. The number of benzene rings is 1. The fourth-order valence-corrected chi connectivity index (χ4v) is 3.01. The summed E-state index contributed by atoms with van der Waals surface area (Å²) in [6.07, 6.45) is -1.15. The molecule has 1 aromatic rings. The molecule has 3 rings (SSSR count). The molecule has 136 valence electrons. The molecule has 0 saturated carbocycles. The summed E-state index contributed by atoms with van der Waals surface area (Å²) in [6.45, 7) is 3.97. The SMILES string of the molecule is CC(=O)N(Cl)C[C@H]1CN(c2ccc(N3CCOCC3)c(F)c2)C(=O)O1. The van der Waals surface area contributed by atoms with E-state index >= 15 is 0 Å². The van der Waals surface area contributed by atoms with Crippen LogP contribution in [0.5, 0.6) is 0 Å². The zero-order valence-corrected chi connectivity index (χ0v) is 14.5. The quantitative estimate of drug-likeness (QED) is 0.757. The van der Waals surface area contributed by atoms with Crippen LogP contribution in [0.2, 0.25) is 0 Å². The van der Waals surface area contributed by atoms with Gasteiger partial charge in [0.25, 0.3) is 0 Å². The lowest BCUT2D eigenvalue weighted by molar-refractivity contribution is -0.125. The maximum absolute atomic E-state index is 14.5. The Morgan fingerprint density at radius 3 is 2.76 bits per heavy atom. The van der Waals surface area contributed by atoms with E-state index < -0.39 is 18.0 Å². The van der Waals surface area contributed by atoms with Gasteiger partial charge >= 0.3 is 6.09 Å². The molecule has 1 atom stereocenters. The number of amides is 2. The smallest absolute Gasteiger partial charge is 0.414 e. The number of morpholine rings is 1. The first kappa shape index (κ1) is 17.8. The van der Waals surface area contributed by atoms with Crippen molar-refractivity contribution in [1.82, 2.24) is 4.42 Å². The molecule has 0 aromatic heterocycles. The Bertz CT molecular complexity index is 669. The Labute approximate surface area is 149 Å². The van der Waals surface area contributed by atoms with E-state index in [9.17, 15) is 14.0 Å². The number of rotatable bonds is 4. The summed E-state index contributed by atoms with van der Waals surface area (Å²) >= 11 is 5.77. The molecule has 25 heavy (non-hydrogen) atoms. The summed E-state index contributed by atoms with van der Waals surface area (Å²) in [5.41, 5.74) is 0.894. The molecule has 1 aromatic carbocycles. The van der Waals surface area contributed by atoms with Crippen LogP contribution in [0.25, 0.3) is 0 Å². The lowest BCUT2D eigenvalue weighted by atomic mass is 10.2. The number of hydrogen-bond donors (Lipinski definition) is 0. The van der Waals surface area contributed by atoms with Crippen molar-refractivity contribution in [3.8, 4) is 0 Å². The highest BCUT2D eigenvalue weighted by atomic mass is 35.5. The van der Waals surface area contributed by atoms with E-state index in [1.807, 2.05) is 4.90 Å². The molecule has 0 unspecified atom stereocenters. The molecule has 0 bridgehead atoms. The first-order chi connectivity index (χ1) is 12.0. The number of hydrogen-bond acceptors (Lipinski definition) is 5. The molecule has 0 N–H and O–H groups in total. The molecule has 0 radical (unpaired) electrons. The van der Waals surface area contributed by atoms with Crippen molar-refractivity contribution in [3.63, 3.8) is 0 Å². The van der Waals surface area contributed by atoms with Crippen LogP contribution in [-0.2, 0) is 14.3 Å². The second-order valence-electron chi connectivity index (χ2n) is 5.92. The molecule has 0 spiro atoms. The van der Waals surface area contributed by atoms with Crippen LogP contribution in [-0.4, -0.2) is 61.9 Å². The van der Waals surface area contributed by atoms with Crippen molar-refractivity contribution in [1.29, 1.82) is 0 Å². The third kappa shape index (κ3) is 3.96. The van der Waals surface area contributed by atoms with Crippen molar-refractivity contribution in [2.24, 2.45) is 0 Å². The van der Waals surface area contributed by atoms with Crippen molar-refractivity contribution >= 4 is 35.2 Å². The van der Waals surface area contributed by atoms with Gasteiger partial charge in [-0.25, -0.2) is 9.18 Å². The molecule has 2 aliphatic rings. The van der Waals surface area contributed by atoms with Crippen LogP contribution in [0.4, 0.5) is 20.6 Å². The largest absolute Gasteiger partial charge is 0.442 e. The van der Waals surface area contributed by atoms with E-state index in [4.69, 9.17) is 21.3 Å². The minimum Gasteiger partial charge on any atom is -0.442 e. The standard InChI is InChI=1S/C16H19ClFN3O4/c1-11(22)21(17)10-13-9-20(16(23)25-13)12-2-3-15(14(18)8-12)19-4-6-24-7-5-19/h2-3,8,13H,4-7,9-10H2,1H3/t13-/m1/s1. The van der Waals surface area contributed by atoms with Gasteiger partial charge < -0.3 is 14.4 Å². The third-order valence-corrected chi connectivity index (χ3v) is 4.55. The van der Waals surface area contributed by atoms with E-state index in [1.54, 1.807) is 12.1 Å². The maximum atomic E-state index is 14.5. The fraction of sp³-hybridized carbons (Fsp3) is 0.500. The van der Waals surface area contributed by atoms with Crippen LogP contribution in [0.3, 0.4) is 0 Å². The molecular formula is C16H19ClFN3O4. The van der Waals surface area contributed by atoms with Gasteiger partial charge in [0.2, 0.25) is 5.91 Å². The maximum Gasteiger partial charge on any atom is 0.414 e. The van der Waals surface area contributed by atoms with Crippen LogP contribution in [0.15, 0.2) is 18.2 Å². The van der Waals surface area contributed by atoms with Gasteiger partial charge in [0, 0.05) is 31.8 Å². The summed E-state index contributed by atoms with van der Waals surface area (Å²) in [6, 6.07) is 4.65. The molecule has 9 heteroatoms. The predicted octanol–water partition coefficient (Wildman–Crippen LogP) is 1.99. The number of nitrogens with zero attached hydrogens (tertiary/aromatic N) is 3. The number of halogens is 2. The van der Waals surface area contributed by atoms with Crippen LogP contribution >= 0.6 is 11.8 Å². The van der Waals surface area contributed by atoms with Gasteiger partial charge in [-0.1, -0.05) is 0 Å². The number of ether oxygens (including phenoxy) is 2. The average molecular weight is 372 g/mol. The van der Waals surface area contributed by atoms with Crippen molar-refractivity contribution in [3.05, 3.63) is 24.0 Å². The molecule has 2 heterocycles. The summed E-state index contributed by atoms with van der Waals surface area (Å²) in [4.78, 5) is 26.5. The first-order valence-corrected chi connectivity index (χ1v) is 8.34. The molecule has 2 aliphatic heterocycles. The highest BCUT2D eigenvalue weighted by Crippen LogP contribution is 2.28. The Kier molecular flexibility index (Phi) is 5.29. The minimum absolute atomic E-state index is 0.0769. The first-order valence-electron chi connectivity index (χ1n) is 8.00. The fourth-order valence-electron chi connectivity index (χ4n) is 2.86. The lowest BCUT2D eigenvalue weighted by Gasteiger charge is -2.29. The minimum atomic E-state index is -0.586. The van der Waals surface area contributed by atoms with E-state index in [-0.39, 0.29) is 19.0 Å². The third-order valence-electron chi connectivity index (χ3n) is 4.17. The number of cyclic esters (lactones) is 1. The summed E-state index contributed by atoms with van der Waals surface area (Å²) in [5.74, 6) is -0.740. The Morgan fingerprint density at radius 2 is 2.12 bits per heavy atom. The Balaban J connectivity index is 1.70. The highest BCUT2D eigenvalue weighted by molar-refractivity contribution is 6.20. The van der Waals surface area contributed by atoms with E-state index in [2.05, 4.69) is 0 Å². The van der Waals surface area contributed by atoms with Crippen molar-refractivity contribution in [2.75, 3.05) is 49.2 Å². The molecule has 2 fully saturated rings. The van der Waals surface area contributed by atoms with Gasteiger partial charge in [-0.05, 0) is 18.2 Å². The van der Waals surface area contributed by atoms with E-state index in [0.717, 1.165) is 4.42 Å². The second-order valence-corrected chi connectivity index (χ2v) is 6.32. The Hall–Kier alpha value is -2.06. The van der Waals surface area contributed by atoms with Gasteiger partial charge in [-0.2, -0.15) is 0 Å². The zero-order valence-electron chi connectivity index (χ0n) is 13.8. The molecular weight excluding hydrogens is 353 g/mol. The van der Waals surface area contributed by atoms with Crippen molar-refractivity contribution in [2.45, 2.75) is 13.0 Å². The van der Waals surface area contributed by atoms with Crippen molar-refractivity contribution < 1.29 is 23.5 Å². The number of anilines is 2. The lowest BCUT2D eigenvalue weighted by Crippen LogP contribution is -2.36. The zero-order chi connectivity index (χ0) is 18.0. The molecule has 2 amide bonds. The molecule has 0 aliphatic carbocycles. The van der Waals surface area contributed by atoms with Gasteiger partial charge in [0.15, 0.2) is 0 Å². The average Bonchev–Trinajstić information content (AvgIpc) is 2.95. The summed E-state index contributed by atoms with van der Waals surface area (Å²) in [7, 11) is 0. The van der Waals surface area contributed by atoms with Gasteiger partial charge in [0.1, 0.15) is 11.9 Å². The monoisotopic (exact) mass is 371 g/mol. The Morgan fingerprint density at radius 1 is 1.40 bits per heavy atom. The topological polar surface area (TPSA) is 62.3 Å². The predicted molar refractivity (Wildman–Crippen MR) is 90.3 cm³/mol. The van der Waals surface area contributed by atoms with Gasteiger partial charge in [-0.3, -0.25) is 14.1 Å². The van der Waals surface area contributed by atoms with E-state index in [1.165, 1.54) is 17.9 Å². The van der Waals surface area contributed by atoms with E-state index in [0.29, 0.717) is 37.7 Å². The summed E-state index contributed by atoms with van der Waals surface area (Å²) < 4.78 is 25.9. The van der Waals surface area contributed by atoms with Crippen LogP contribution in [0, 0.1) is 5.82 Å². The highest BCUT2D eigenvalue weighted by Gasteiger charge is 2.34. The normalized spacial score (nSPS) is 20.6. The van der Waals surface area contributed by atoms with Crippen LogP contribution in [0.1, 0.15) is 6.92 Å². The number of carbonyl (C=O) groups excluding carboxylic acids is 2. The van der Waals surface area contributed by atoms with Gasteiger partial charge in [-0.15, -0.1) is 0 Å². The molecule has 2 saturated heterocycles. The van der Waals surface area contributed by atoms with Gasteiger partial charge in [0.05, 0.1) is 37.7 Å². The number of carbonyl (C=O) groups is 2.